The second-order valence-corrected chi connectivity index (χ2v) is 11.1. The smallest absolute Gasteiger partial charge is 0.229 e. The maximum Gasteiger partial charge on any atom is 0.229 e. The third-order valence-corrected chi connectivity index (χ3v) is 7.27. The van der Waals surface area contributed by atoms with E-state index in [1.807, 2.05) is 48.5 Å². The first-order chi connectivity index (χ1) is 17.2. The Labute approximate surface area is 216 Å². The van der Waals surface area contributed by atoms with Crippen molar-refractivity contribution in [1.29, 1.82) is 0 Å². The van der Waals surface area contributed by atoms with Gasteiger partial charge in [-0.2, -0.15) is 0 Å². The molecule has 36 heavy (non-hydrogen) atoms. The molecule has 1 aliphatic rings. The van der Waals surface area contributed by atoms with Crippen LogP contribution in [0.3, 0.4) is 0 Å². The van der Waals surface area contributed by atoms with Gasteiger partial charge in [0.2, 0.25) is 10.0 Å². The molecule has 9 heteroatoms. The zero-order valence-electron chi connectivity index (χ0n) is 20.2. The van der Waals surface area contributed by atoms with Crippen LogP contribution < -0.4 is 14.9 Å². The average Bonchev–Trinajstić information content (AvgIpc) is 3.35. The number of pyridine rings is 1. The van der Waals surface area contributed by atoms with Crippen molar-refractivity contribution >= 4 is 38.7 Å². The Morgan fingerprint density at radius 2 is 1.64 bits per heavy atom. The summed E-state index contributed by atoms with van der Waals surface area (Å²) in [5.74, 6) is 0. The van der Waals surface area contributed by atoms with Gasteiger partial charge in [-0.05, 0) is 86.2 Å². The first-order valence-corrected chi connectivity index (χ1v) is 13.9. The van der Waals surface area contributed by atoms with E-state index >= 15 is 0 Å². The number of rotatable bonds is 6. The SMILES string of the molecule is Cc1cc([C@@H]2[C@H](c3ccccn3)NC(=S)N2c2ccc(NS(C)(=O)=O)cc2)c(C)n1-c1ccccc1. The third-order valence-electron chi connectivity index (χ3n) is 6.35. The molecule has 5 rings (SSSR count). The van der Waals surface area contributed by atoms with Gasteiger partial charge < -0.3 is 14.8 Å². The summed E-state index contributed by atoms with van der Waals surface area (Å²) in [4.78, 5) is 6.73. The van der Waals surface area contributed by atoms with E-state index < -0.39 is 10.0 Å². The number of aryl methyl sites for hydroxylation is 1. The second kappa shape index (κ2) is 9.40. The summed E-state index contributed by atoms with van der Waals surface area (Å²) in [5, 5.41) is 4.08. The molecular formula is C27H27N5O2S2. The summed E-state index contributed by atoms with van der Waals surface area (Å²) in [7, 11) is -3.37. The van der Waals surface area contributed by atoms with Gasteiger partial charge in [-0.15, -0.1) is 0 Å². The topological polar surface area (TPSA) is 79.3 Å². The molecule has 184 valence electrons. The zero-order chi connectivity index (χ0) is 25.4. The Morgan fingerprint density at radius 1 is 0.944 bits per heavy atom. The summed E-state index contributed by atoms with van der Waals surface area (Å²) in [6, 6.07) is 25.3. The molecule has 0 spiro atoms. The number of thiocarbonyl (C=S) groups is 1. The van der Waals surface area contributed by atoms with E-state index in [0.29, 0.717) is 10.8 Å². The molecule has 0 bridgehead atoms. The minimum atomic E-state index is -3.37. The molecule has 2 N–H and O–H groups in total. The molecule has 1 saturated heterocycles. The molecule has 7 nitrogen and oxygen atoms in total. The summed E-state index contributed by atoms with van der Waals surface area (Å²) in [6.07, 6.45) is 2.93. The molecule has 1 fully saturated rings. The Hall–Kier alpha value is -3.69. The number of anilines is 2. The first-order valence-electron chi connectivity index (χ1n) is 11.6. The molecule has 2 atom stereocenters. The molecule has 1 aliphatic heterocycles. The number of sulfonamides is 1. The highest BCUT2D eigenvalue weighted by molar-refractivity contribution is 7.92. The number of benzene rings is 2. The highest BCUT2D eigenvalue weighted by Gasteiger charge is 2.42. The fraction of sp³-hybridized carbons (Fsp3) is 0.185. The molecule has 0 amide bonds. The van der Waals surface area contributed by atoms with Crippen molar-refractivity contribution in [2.24, 2.45) is 0 Å². The number of hydrogen-bond donors (Lipinski definition) is 2. The minimum Gasteiger partial charge on any atom is -0.351 e. The molecular weight excluding hydrogens is 490 g/mol. The fourth-order valence-electron chi connectivity index (χ4n) is 4.91. The Morgan fingerprint density at radius 3 is 2.28 bits per heavy atom. The van der Waals surface area contributed by atoms with Crippen LogP contribution in [-0.4, -0.2) is 29.3 Å². The van der Waals surface area contributed by atoms with Crippen LogP contribution in [0.15, 0.2) is 85.1 Å². The molecule has 2 aromatic carbocycles. The molecule has 3 heterocycles. The highest BCUT2D eigenvalue weighted by atomic mass is 32.2. The number of hydrogen-bond acceptors (Lipinski definition) is 4. The third kappa shape index (κ3) is 4.59. The van der Waals surface area contributed by atoms with Crippen LogP contribution >= 0.6 is 12.2 Å². The summed E-state index contributed by atoms with van der Waals surface area (Å²) in [5.41, 5.74) is 6.74. The van der Waals surface area contributed by atoms with Crippen molar-refractivity contribution in [2.45, 2.75) is 25.9 Å². The lowest BCUT2D eigenvalue weighted by atomic mass is 9.96. The van der Waals surface area contributed by atoms with E-state index in [4.69, 9.17) is 12.2 Å². The standard InChI is InChI=1S/C27H27N5O2S2/c1-18-17-23(19(2)31(18)21-9-5-4-6-10-21)26-25(24-11-7-8-16-28-24)29-27(35)32(26)22-14-12-20(13-15-22)30-36(3,33)34/h4-17,25-26,30H,1-3H3,(H,29,35)/t25-,26+/m0/s1. The quantitative estimate of drug-likeness (QED) is 0.349. The average molecular weight is 518 g/mol. The van der Waals surface area contributed by atoms with E-state index in [0.717, 1.165) is 40.3 Å². The highest BCUT2D eigenvalue weighted by Crippen LogP contribution is 2.43. The fourth-order valence-corrected chi connectivity index (χ4v) is 5.82. The number of para-hydroxylation sites is 1. The van der Waals surface area contributed by atoms with E-state index in [1.54, 1.807) is 18.3 Å². The van der Waals surface area contributed by atoms with Crippen LogP contribution in [0, 0.1) is 13.8 Å². The predicted octanol–water partition coefficient (Wildman–Crippen LogP) is 5.04. The van der Waals surface area contributed by atoms with Gasteiger partial charge in [-0.3, -0.25) is 9.71 Å². The van der Waals surface area contributed by atoms with Gasteiger partial charge >= 0.3 is 0 Å². The van der Waals surface area contributed by atoms with Crippen LogP contribution in [0.2, 0.25) is 0 Å². The van der Waals surface area contributed by atoms with Gasteiger partial charge in [0.05, 0.1) is 24.0 Å². The molecule has 0 saturated carbocycles. The van der Waals surface area contributed by atoms with E-state index in [-0.39, 0.29) is 12.1 Å². The normalized spacial score (nSPS) is 17.8. The maximum atomic E-state index is 11.7. The summed E-state index contributed by atoms with van der Waals surface area (Å²) < 4.78 is 28.1. The van der Waals surface area contributed by atoms with Gasteiger partial charge in [0.15, 0.2) is 5.11 Å². The van der Waals surface area contributed by atoms with Crippen molar-refractivity contribution in [2.75, 3.05) is 15.9 Å². The van der Waals surface area contributed by atoms with Crippen molar-refractivity contribution in [3.63, 3.8) is 0 Å². The van der Waals surface area contributed by atoms with Crippen LogP contribution in [-0.2, 0) is 10.0 Å². The lowest BCUT2D eigenvalue weighted by Crippen LogP contribution is -2.29. The summed E-state index contributed by atoms with van der Waals surface area (Å²) in [6.45, 7) is 4.24. The van der Waals surface area contributed by atoms with E-state index in [9.17, 15) is 8.42 Å². The maximum absolute atomic E-state index is 11.7. The van der Waals surface area contributed by atoms with Gasteiger partial charge in [0.25, 0.3) is 0 Å². The number of aromatic nitrogens is 2. The van der Waals surface area contributed by atoms with Gasteiger partial charge in [-0.25, -0.2) is 8.42 Å². The predicted molar refractivity (Wildman–Crippen MR) is 148 cm³/mol. The lowest BCUT2D eigenvalue weighted by Gasteiger charge is -2.28. The van der Waals surface area contributed by atoms with E-state index in [2.05, 4.69) is 56.5 Å². The van der Waals surface area contributed by atoms with Crippen LogP contribution in [0.1, 0.15) is 34.7 Å². The zero-order valence-corrected chi connectivity index (χ0v) is 21.8. The minimum absolute atomic E-state index is 0.162. The second-order valence-electron chi connectivity index (χ2n) is 8.92. The Bertz CT molecular complexity index is 1500. The van der Waals surface area contributed by atoms with Gasteiger partial charge in [0.1, 0.15) is 0 Å². The van der Waals surface area contributed by atoms with Crippen LogP contribution in [0.25, 0.3) is 5.69 Å². The summed E-state index contributed by atoms with van der Waals surface area (Å²) >= 11 is 5.84. The van der Waals surface area contributed by atoms with Crippen LogP contribution in [0.5, 0.6) is 0 Å². The molecule has 0 aliphatic carbocycles. The number of nitrogens with zero attached hydrogens (tertiary/aromatic N) is 3. The van der Waals surface area contributed by atoms with Crippen LogP contribution in [0.4, 0.5) is 11.4 Å². The van der Waals surface area contributed by atoms with Gasteiger partial charge in [-0.1, -0.05) is 24.3 Å². The largest absolute Gasteiger partial charge is 0.351 e. The van der Waals surface area contributed by atoms with Crippen molar-refractivity contribution in [3.8, 4) is 5.69 Å². The Balaban J connectivity index is 1.62. The number of nitrogens with one attached hydrogen (secondary N) is 2. The molecule has 0 unspecified atom stereocenters. The van der Waals surface area contributed by atoms with Crippen molar-refractivity contribution in [1.82, 2.24) is 14.9 Å². The van der Waals surface area contributed by atoms with E-state index in [1.165, 1.54) is 0 Å². The van der Waals surface area contributed by atoms with Crippen molar-refractivity contribution in [3.05, 3.63) is 108 Å². The van der Waals surface area contributed by atoms with Crippen molar-refractivity contribution < 1.29 is 8.42 Å². The molecule has 0 radical (unpaired) electrons. The monoisotopic (exact) mass is 517 g/mol. The molecule has 4 aromatic rings. The Kier molecular flexibility index (Phi) is 6.27. The lowest BCUT2D eigenvalue weighted by molar-refractivity contribution is 0.565. The molecule has 2 aromatic heterocycles. The first kappa shape index (κ1) is 24.0. The van der Waals surface area contributed by atoms with Gasteiger partial charge in [0, 0.05) is 34.6 Å².